The number of hydrogen-bond donors (Lipinski definition) is 1. The molecule has 0 unspecified atom stereocenters. The number of hydrogen-bond acceptors (Lipinski definition) is 3. The Hall–Kier alpha value is -2.33. The van der Waals surface area contributed by atoms with Crippen LogP contribution in [0.3, 0.4) is 0 Å². The molecule has 2 aromatic carbocycles. The van der Waals surface area contributed by atoms with Crippen LogP contribution in [-0.2, 0) is 4.79 Å². The fourth-order valence-corrected chi connectivity index (χ4v) is 2.77. The number of para-hydroxylation sites is 1. The van der Waals surface area contributed by atoms with Gasteiger partial charge in [0.2, 0.25) is 0 Å². The van der Waals surface area contributed by atoms with Gasteiger partial charge in [-0.3, -0.25) is 4.79 Å². The van der Waals surface area contributed by atoms with E-state index < -0.39 is 0 Å². The average molecular weight is 310 g/mol. The second-order valence-electron chi connectivity index (χ2n) is 5.64. The van der Waals surface area contributed by atoms with E-state index in [4.69, 9.17) is 4.74 Å². The molecule has 120 valence electrons. The Morgan fingerprint density at radius 1 is 1.00 bits per heavy atom. The zero-order chi connectivity index (χ0) is 15.9. The molecular weight excluding hydrogens is 288 g/mol. The number of nitrogens with one attached hydrogen (secondary N) is 1. The largest absolute Gasteiger partial charge is 0.483 e. The minimum Gasteiger partial charge on any atom is -0.483 e. The SMILES string of the molecule is O=C(COc1ccccc1-c1ccccc1)N1CCCNCC1. The minimum absolute atomic E-state index is 0.0524. The summed E-state index contributed by atoms with van der Waals surface area (Å²) in [5.41, 5.74) is 2.10. The average Bonchev–Trinajstić information content (AvgIpc) is 2.90. The lowest BCUT2D eigenvalue weighted by atomic mass is 10.1. The topological polar surface area (TPSA) is 41.6 Å². The van der Waals surface area contributed by atoms with E-state index in [1.54, 1.807) is 0 Å². The summed E-state index contributed by atoms with van der Waals surface area (Å²) in [5, 5.41) is 3.30. The van der Waals surface area contributed by atoms with Gasteiger partial charge < -0.3 is 15.0 Å². The van der Waals surface area contributed by atoms with Crippen molar-refractivity contribution in [3.05, 3.63) is 54.6 Å². The highest BCUT2D eigenvalue weighted by Gasteiger charge is 2.16. The summed E-state index contributed by atoms with van der Waals surface area (Å²) >= 11 is 0. The highest BCUT2D eigenvalue weighted by atomic mass is 16.5. The van der Waals surface area contributed by atoms with Crippen LogP contribution in [0.15, 0.2) is 54.6 Å². The third-order valence-electron chi connectivity index (χ3n) is 4.02. The molecule has 1 fully saturated rings. The maximum Gasteiger partial charge on any atom is 0.260 e. The Balaban J connectivity index is 1.67. The number of ether oxygens (including phenoxy) is 1. The van der Waals surface area contributed by atoms with Gasteiger partial charge in [0.1, 0.15) is 5.75 Å². The Morgan fingerprint density at radius 3 is 2.65 bits per heavy atom. The molecule has 0 aromatic heterocycles. The number of carbonyl (C=O) groups is 1. The van der Waals surface area contributed by atoms with Crippen molar-refractivity contribution in [2.24, 2.45) is 0 Å². The van der Waals surface area contributed by atoms with Gasteiger partial charge in [-0.05, 0) is 24.6 Å². The van der Waals surface area contributed by atoms with Crippen molar-refractivity contribution < 1.29 is 9.53 Å². The zero-order valence-corrected chi connectivity index (χ0v) is 13.2. The van der Waals surface area contributed by atoms with Crippen LogP contribution in [0.1, 0.15) is 6.42 Å². The predicted molar refractivity (Wildman–Crippen MR) is 91.4 cm³/mol. The van der Waals surface area contributed by atoms with Crippen molar-refractivity contribution in [3.8, 4) is 16.9 Å². The Bertz CT molecular complexity index is 635. The summed E-state index contributed by atoms with van der Waals surface area (Å²) in [6, 6.07) is 17.9. The lowest BCUT2D eigenvalue weighted by molar-refractivity contribution is -0.133. The molecule has 4 heteroatoms. The molecule has 0 saturated carbocycles. The van der Waals surface area contributed by atoms with Crippen LogP contribution in [-0.4, -0.2) is 43.6 Å². The first-order valence-corrected chi connectivity index (χ1v) is 8.10. The summed E-state index contributed by atoms with van der Waals surface area (Å²) in [6.07, 6.45) is 0.992. The van der Waals surface area contributed by atoms with Crippen LogP contribution in [0.5, 0.6) is 5.75 Å². The number of rotatable bonds is 4. The van der Waals surface area contributed by atoms with Gasteiger partial charge in [-0.1, -0.05) is 48.5 Å². The monoisotopic (exact) mass is 310 g/mol. The van der Waals surface area contributed by atoms with E-state index in [1.807, 2.05) is 59.5 Å². The van der Waals surface area contributed by atoms with Crippen LogP contribution < -0.4 is 10.1 Å². The van der Waals surface area contributed by atoms with Crippen LogP contribution in [0.25, 0.3) is 11.1 Å². The fourth-order valence-electron chi connectivity index (χ4n) is 2.77. The summed E-state index contributed by atoms with van der Waals surface area (Å²) in [6.45, 7) is 3.47. The van der Waals surface area contributed by atoms with Gasteiger partial charge in [0.05, 0.1) is 0 Å². The molecule has 0 spiro atoms. The number of carbonyl (C=O) groups excluding carboxylic acids is 1. The third kappa shape index (κ3) is 4.11. The van der Waals surface area contributed by atoms with E-state index in [-0.39, 0.29) is 12.5 Å². The molecule has 1 heterocycles. The van der Waals surface area contributed by atoms with E-state index in [0.29, 0.717) is 0 Å². The summed E-state index contributed by atoms with van der Waals surface area (Å²) in [7, 11) is 0. The molecule has 0 atom stereocenters. The lowest BCUT2D eigenvalue weighted by Gasteiger charge is -2.20. The van der Waals surface area contributed by atoms with Crippen molar-refractivity contribution in [2.75, 3.05) is 32.8 Å². The molecule has 1 amide bonds. The number of benzene rings is 2. The second kappa shape index (κ2) is 7.79. The first-order valence-electron chi connectivity index (χ1n) is 8.10. The summed E-state index contributed by atoms with van der Waals surface area (Å²) < 4.78 is 5.84. The molecular formula is C19H22N2O2. The predicted octanol–water partition coefficient (Wildman–Crippen LogP) is 2.55. The van der Waals surface area contributed by atoms with E-state index in [9.17, 15) is 4.79 Å². The van der Waals surface area contributed by atoms with Crippen LogP contribution in [0, 0.1) is 0 Å². The normalized spacial score (nSPS) is 15.0. The minimum atomic E-state index is 0.0524. The fraction of sp³-hybridized carbons (Fsp3) is 0.316. The molecule has 1 saturated heterocycles. The molecule has 1 aliphatic heterocycles. The van der Waals surface area contributed by atoms with Crippen molar-refractivity contribution in [1.29, 1.82) is 0 Å². The molecule has 1 aliphatic rings. The van der Waals surface area contributed by atoms with Crippen LogP contribution in [0.4, 0.5) is 0 Å². The molecule has 0 bridgehead atoms. The van der Waals surface area contributed by atoms with E-state index in [2.05, 4.69) is 5.32 Å². The van der Waals surface area contributed by atoms with Gasteiger partial charge in [0, 0.05) is 25.2 Å². The van der Waals surface area contributed by atoms with Crippen LogP contribution in [0.2, 0.25) is 0 Å². The highest BCUT2D eigenvalue weighted by molar-refractivity contribution is 5.78. The molecule has 4 nitrogen and oxygen atoms in total. The third-order valence-corrected chi connectivity index (χ3v) is 4.02. The number of amides is 1. The van der Waals surface area contributed by atoms with Gasteiger partial charge in [-0.2, -0.15) is 0 Å². The van der Waals surface area contributed by atoms with Crippen molar-refractivity contribution in [3.63, 3.8) is 0 Å². The Kier molecular flexibility index (Phi) is 5.27. The van der Waals surface area contributed by atoms with E-state index in [1.165, 1.54) is 0 Å². The van der Waals surface area contributed by atoms with Gasteiger partial charge >= 0.3 is 0 Å². The van der Waals surface area contributed by atoms with Crippen molar-refractivity contribution in [2.45, 2.75) is 6.42 Å². The first kappa shape index (κ1) is 15.6. The van der Waals surface area contributed by atoms with Crippen molar-refractivity contribution >= 4 is 5.91 Å². The van der Waals surface area contributed by atoms with Gasteiger partial charge in [-0.15, -0.1) is 0 Å². The Morgan fingerprint density at radius 2 is 1.78 bits per heavy atom. The molecule has 3 rings (SSSR count). The van der Waals surface area contributed by atoms with Gasteiger partial charge in [0.25, 0.3) is 5.91 Å². The second-order valence-corrected chi connectivity index (χ2v) is 5.64. The Labute approximate surface area is 137 Å². The molecule has 0 radical (unpaired) electrons. The summed E-state index contributed by atoms with van der Waals surface area (Å²) in [5.74, 6) is 0.802. The molecule has 2 aromatic rings. The smallest absolute Gasteiger partial charge is 0.260 e. The quantitative estimate of drug-likeness (QED) is 0.943. The molecule has 0 aliphatic carbocycles. The maximum absolute atomic E-state index is 12.3. The van der Waals surface area contributed by atoms with E-state index in [0.717, 1.165) is 49.5 Å². The molecule has 1 N–H and O–H groups in total. The van der Waals surface area contributed by atoms with Gasteiger partial charge in [0.15, 0.2) is 6.61 Å². The zero-order valence-electron chi connectivity index (χ0n) is 13.2. The first-order chi connectivity index (χ1) is 11.3. The van der Waals surface area contributed by atoms with Crippen LogP contribution >= 0.6 is 0 Å². The molecule has 23 heavy (non-hydrogen) atoms. The van der Waals surface area contributed by atoms with E-state index >= 15 is 0 Å². The lowest BCUT2D eigenvalue weighted by Crippen LogP contribution is -2.37. The van der Waals surface area contributed by atoms with Crippen molar-refractivity contribution in [1.82, 2.24) is 10.2 Å². The van der Waals surface area contributed by atoms with Gasteiger partial charge in [-0.25, -0.2) is 0 Å². The summed E-state index contributed by atoms with van der Waals surface area (Å²) in [4.78, 5) is 14.2. The highest BCUT2D eigenvalue weighted by Crippen LogP contribution is 2.29. The maximum atomic E-state index is 12.3. The number of nitrogens with zero attached hydrogens (tertiary/aromatic N) is 1. The standard InChI is InChI=1S/C19H22N2O2/c22-19(21-13-6-11-20-12-14-21)15-23-18-10-5-4-9-17(18)16-7-2-1-3-8-16/h1-5,7-10,20H,6,11-15H2.